The van der Waals surface area contributed by atoms with E-state index in [-0.39, 0.29) is 17.7 Å². The molecule has 1 unspecified atom stereocenters. The lowest BCUT2D eigenvalue weighted by atomic mass is 9.99. The summed E-state index contributed by atoms with van der Waals surface area (Å²) in [6.45, 7) is 9.55. The monoisotopic (exact) mass is 183 g/mol. The Morgan fingerprint density at radius 1 is 1.46 bits per heavy atom. The van der Waals surface area contributed by atoms with E-state index in [0.717, 1.165) is 6.42 Å². The molecule has 0 N–H and O–H groups in total. The fraction of sp³-hybridized carbons (Fsp3) is 0.600. The summed E-state index contributed by atoms with van der Waals surface area (Å²) in [5.74, 6) is -0.0806. The van der Waals surface area contributed by atoms with Crippen molar-refractivity contribution < 1.29 is 9.59 Å². The number of amides is 1. The molecule has 1 heterocycles. The van der Waals surface area contributed by atoms with Crippen LogP contribution in [0.3, 0.4) is 0 Å². The number of hydrogen-bond donors (Lipinski definition) is 0. The number of rotatable bonds is 2. The van der Waals surface area contributed by atoms with Crippen LogP contribution in [0.25, 0.3) is 0 Å². The minimum Gasteiger partial charge on any atom is -0.329 e. The van der Waals surface area contributed by atoms with E-state index in [9.17, 15) is 9.59 Å². The van der Waals surface area contributed by atoms with Crippen LogP contribution >= 0.6 is 0 Å². The Morgan fingerprint density at radius 3 is 2.23 bits per heavy atom. The minimum atomic E-state index is -0.180. The zero-order valence-electron chi connectivity index (χ0n) is 8.54. The highest BCUT2D eigenvalue weighted by molar-refractivity contribution is 5.93. The van der Waals surface area contributed by atoms with Crippen molar-refractivity contribution in [3.8, 4) is 0 Å². The molecule has 1 fully saturated rings. The maximum Gasteiger partial charge on any atom is 0.246 e. The summed E-state index contributed by atoms with van der Waals surface area (Å²) in [6, 6.07) is -0.180. The largest absolute Gasteiger partial charge is 0.329 e. The van der Waals surface area contributed by atoms with Gasteiger partial charge in [0.1, 0.15) is 0 Å². The lowest BCUT2D eigenvalue weighted by Crippen LogP contribution is -2.53. The average Bonchev–Trinajstić information content (AvgIpc) is 2.05. The minimum absolute atomic E-state index is 0.0615. The third-order valence-corrected chi connectivity index (χ3v) is 1.95. The quantitative estimate of drug-likeness (QED) is 0.607. The average molecular weight is 183 g/mol. The number of hydrogen-bond acceptors (Lipinski definition) is 2. The highest BCUT2D eigenvalue weighted by Crippen LogP contribution is 2.17. The molecule has 1 amide bonds. The first kappa shape index (κ1) is 11.9. The molecule has 0 spiro atoms. The van der Waals surface area contributed by atoms with Crippen LogP contribution in [0.1, 0.15) is 27.2 Å². The molecule has 0 bridgehead atoms. The second-order valence-corrected chi connectivity index (χ2v) is 2.65. The van der Waals surface area contributed by atoms with Gasteiger partial charge in [-0.05, 0) is 19.4 Å². The molecule has 0 saturated carbocycles. The van der Waals surface area contributed by atoms with Gasteiger partial charge in [-0.25, -0.2) is 0 Å². The second kappa shape index (κ2) is 5.51. The van der Waals surface area contributed by atoms with Crippen LogP contribution in [-0.2, 0) is 9.59 Å². The van der Waals surface area contributed by atoms with Crippen LogP contribution in [0.5, 0.6) is 0 Å². The zero-order chi connectivity index (χ0) is 10.4. The van der Waals surface area contributed by atoms with Crippen molar-refractivity contribution in [2.24, 2.45) is 0 Å². The van der Waals surface area contributed by atoms with Crippen LogP contribution in [0.4, 0.5) is 0 Å². The molecule has 0 radical (unpaired) electrons. The first-order chi connectivity index (χ1) is 6.16. The summed E-state index contributed by atoms with van der Waals surface area (Å²) in [6.07, 6.45) is 2.05. The number of ketones is 1. The van der Waals surface area contributed by atoms with Gasteiger partial charge in [-0.2, -0.15) is 0 Å². The predicted molar refractivity (Wildman–Crippen MR) is 52.3 cm³/mol. The maximum absolute atomic E-state index is 11.0. The van der Waals surface area contributed by atoms with Crippen molar-refractivity contribution in [2.75, 3.05) is 6.54 Å². The highest BCUT2D eigenvalue weighted by Gasteiger charge is 2.33. The molecule has 1 rings (SSSR count). The van der Waals surface area contributed by atoms with Crippen molar-refractivity contribution in [2.45, 2.75) is 33.2 Å². The highest BCUT2D eigenvalue weighted by atomic mass is 16.2. The van der Waals surface area contributed by atoms with E-state index < -0.39 is 0 Å². The van der Waals surface area contributed by atoms with Crippen LogP contribution in [0.15, 0.2) is 12.7 Å². The standard InChI is InChI=1S/C8H11NO2.C2H6/c1-3-8(11)9-5-4-7(9)6(2)10;1-2/h3,7H,1,4-5H2,2H3;1-2H3. The molecule has 1 atom stereocenters. The molecule has 3 heteroatoms. The van der Waals surface area contributed by atoms with E-state index in [4.69, 9.17) is 0 Å². The van der Waals surface area contributed by atoms with Gasteiger partial charge in [0.25, 0.3) is 0 Å². The first-order valence-electron chi connectivity index (χ1n) is 4.60. The second-order valence-electron chi connectivity index (χ2n) is 2.65. The van der Waals surface area contributed by atoms with Gasteiger partial charge in [-0.3, -0.25) is 9.59 Å². The number of nitrogens with zero attached hydrogens (tertiary/aromatic N) is 1. The number of likely N-dealkylation sites (tertiary alicyclic amines) is 1. The predicted octanol–water partition coefficient (Wildman–Crippen LogP) is 1.39. The fourth-order valence-corrected chi connectivity index (χ4v) is 1.19. The molecule has 0 aliphatic carbocycles. The SMILES string of the molecule is C=CC(=O)N1CCC1C(C)=O.CC. The van der Waals surface area contributed by atoms with Gasteiger partial charge >= 0.3 is 0 Å². The Balaban J connectivity index is 0.000000671. The van der Waals surface area contributed by atoms with Crippen LogP contribution in [0.2, 0.25) is 0 Å². The Morgan fingerprint density at radius 2 is 2.00 bits per heavy atom. The lowest BCUT2D eigenvalue weighted by Gasteiger charge is -2.38. The summed E-state index contributed by atoms with van der Waals surface area (Å²) >= 11 is 0. The Labute approximate surface area is 79.4 Å². The van der Waals surface area contributed by atoms with Crippen LogP contribution < -0.4 is 0 Å². The number of Topliss-reactive ketones (excluding diaryl/α,β-unsaturated/α-hetero) is 1. The summed E-state index contributed by atoms with van der Waals surface area (Å²) in [5, 5.41) is 0. The van der Waals surface area contributed by atoms with Gasteiger partial charge in [0.05, 0.1) is 6.04 Å². The smallest absolute Gasteiger partial charge is 0.246 e. The normalized spacial score (nSPS) is 19.3. The van der Waals surface area contributed by atoms with Gasteiger partial charge < -0.3 is 4.90 Å². The van der Waals surface area contributed by atoms with Crippen molar-refractivity contribution in [3.63, 3.8) is 0 Å². The van der Waals surface area contributed by atoms with Gasteiger partial charge in [0.15, 0.2) is 5.78 Å². The molecule has 3 nitrogen and oxygen atoms in total. The maximum atomic E-state index is 11.0. The summed E-state index contributed by atoms with van der Waals surface area (Å²) in [5.41, 5.74) is 0. The third-order valence-electron chi connectivity index (χ3n) is 1.95. The molecule has 0 aromatic heterocycles. The lowest BCUT2D eigenvalue weighted by molar-refractivity contribution is -0.141. The van der Waals surface area contributed by atoms with Gasteiger partial charge in [-0.1, -0.05) is 20.4 Å². The number of carbonyl (C=O) groups excluding carboxylic acids is 2. The molecule has 1 aliphatic heterocycles. The Bertz CT molecular complexity index is 211. The van der Waals surface area contributed by atoms with Crippen LogP contribution in [0, 0.1) is 0 Å². The molecular weight excluding hydrogens is 166 g/mol. The molecular formula is C10H17NO2. The molecule has 0 aromatic rings. The van der Waals surface area contributed by atoms with E-state index in [1.807, 2.05) is 13.8 Å². The summed E-state index contributed by atoms with van der Waals surface area (Å²) in [4.78, 5) is 23.3. The van der Waals surface area contributed by atoms with E-state index >= 15 is 0 Å². The van der Waals surface area contributed by atoms with E-state index in [1.54, 1.807) is 0 Å². The van der Waals surface area contributed by atoms with Crippen molar-refractivity contribution >= 4 is 11.7 Å². The van der Waals surface area contributed by atoms with Gasteiger partial charge in [0, 0.05) is 6.54 Å². The first-order valence-corrected chi connectivity index (χ1v) is 4.60. The number of carbonyl (C=O) groups is 2. The van der Waals surface area contributed by atoms with Crippen LogP contribution in [-0.4, -0.2) is 29.2 Å². The molecule has 13 heavy (non-hydrogen) atoms. The van der Waals surface area contributed by atoms with Crippen molar-refractivity contribution in [3.05, 3.63) is 12.7 Å². The Kier molecular flexibility index (Phi) is 5.04. The Hall–Kier alpha value is -1.12. The van der Waals surface area contributed by atoms with Gasteiger partial charge in [0.2, 0.25) is 5.91 Å². The molecule has 1 saturated heterocycles. The third kappa shape index (κ3) is 2.68. The molecule has 1 aliphatic rings. The van der Waals surface area contributed by atoms with E-state index in [0.29, 0.717) is 6.54 Å². The molecule has 0 aromatic carbocycles. The van der Waals surface area contributed by atoms with Crippen molar-refractivity contribution in [1.29, 1.82) is 0 Å². The zero-order valence-corrected chi connectivity index (χ0v) is 8.54. The molecule has 74 valence electrons. The van der Waals surface area contributed by atoms with Gasteiger partial charge in [-0.15, -0.1) is 0 Å². The van der Waals surface area contributed by atoms with Crippen molar-refractivity contribution in [1.82, 2.24) is 4.90 Å². The topological polar surface area (TPSA) is 37.4 Å². The van der Waals surface area contributed by atoms with E-state index in [2.05, 4.69) is 6.58 Å². The van der Waals surface area contributed by atoms with E-state index in [1.165, 1.54) is 17.9 Å². The summed E-state index contributed by atoms with van der Waals surface area (Å²) < 4.78 is 0. The fourth-order valence-electron chi connectivity index (χ4n) is 1.19. The summed E-state index contributed by atoms with van der Waals surface area (Å²) in [7, 11) is 0.